The molecule has 0 radical (unpaired) electrons. The van der Waals surface area contributed by atoms with E-state index in [9.17, 15) is 0 Å². The average molecular weight is 474 g/mol. The van der Waals surface area contributed by atoms with Crippen molar-refractivity contribution in [1.82, 2.24) is 4.90 Å². The number of nitrogens with zero attached hydrogens (tertiary/aromatic N) is 1. The Labute approximate surface area is 209 Å². The predicted octanol–water partition coefficient (Wildman–Crippen LogP) is 7.19. The molecule has 0 atom stereocenters. The molecule has 0 saturated carbocycles. The summed E-state index contributed by atoms with van der Waals surface area (Å²) in [5.41, 5.74) is 4.49. The highest BCUT2D eigenvalue weighted by atomic mass is 32.1. The van der Waals surface area contributed by atoms with E-state index < -0.39 is 5.60 Å². The van der Waals surface area contributed by atoms with Crippen molar-refractivity contribution in [3.05, 3.63) is 88.6 Å². The second-order valence-electron chi connectivity index (χ2n) is 8.77. The van der Waals surface area contributed by atoms with E-state index in [-0.39, 0.29) is 0 Å². The molecular weight excluding hydrogens is 438 g/mol. The summed E-state index contributed by atoms with van der Waals surface area (Å²) in [4.78, 5) is 2.42. The standard InChI is InChI=1S/C30H35NO2S/c1-5-17-31(18-8-6-7-16-30(2,3)32-4)22-25-11-10-14-29(21-25)33-23-26-12-9-13-27(20-26)28-15-19-34-24-28/h6,8-15,19-21,24H,5,17-18,22-23H2,1-4H3. The molecule has 0 aliphatic heterocycles. The lowest BCUT2D eigenvalue weighted by atomic mass is 10.1. The van der Waals surface area contributed by atoms with Crippen molar-refractivity contribution < 1.29 is 9.47 Å². The number of hydrogen-bond donors (Lipinski definition) is 0. The Bertz CT molecular complexity index is 1110. The van der Waals surface area contributed by atoms with Gasteiger partial charge in [0.1, 0.15) is 18.0 Å². The van der Waals surface area contributed by atoms with Crippen LogP contribution in [0.25, 0.3) is 11.1 Å². The first kappa shape index (κ1) is 25.8. The number of methoxy groups -OCH3 is 1. The lowest BCUT2D eigenvalue weighted by Crippen LogP contribution is -2.24. The van der Waals surface area contributed by atoms with Gasteiger partial charge in [-0.3, -0.25) is 4.90 Å². The van der Waals surface area contributed by atoms with Crippen molar-refractivity contribution >= 4 is 11.3 Å². The maximum Gasteiger partial charge on any atom is 0.123 e. The fourth-order valence-electron chi connectivity index (χ4n) is 3.51. The van der Waals surface area contributed by atoms with Crippen LogP contribution < -0.4 is 4.74 Å². The molecule has 4 heteroatoms. The van der Waals surface area contributed by atoms with Crippen molar-refractivity contribution in [3.8, 4) is 28.7 Å². The van der Waals surface area contributed by atoms with Crippen molar-refractivity contribution in [2.24, 2.45) is 0 Å². The van der Waals surface area contributed by atoms with E-state index in [1.54, 1.807) is 18.4 Å². The Hall–Kier alpha value is -2.84. The molecule has 0 amide bonds. The zero-order chi connectivity index (χ0) is 24.2. The van der Waals surface area contributed by atoms with Crippen molar-refractivity contribution in [2.75, 3.05) is 20.2 Å². The van der Waals surface area contributed by atoms with Gasteiger partial charge in [0, 0.05) is 20.2 Å². The lowest BCUT2D eigenvalue weighted by Gasteiger charge is -2.20. The van der Waals surface area contributed by atoms with Gasteiger partial charge in [-0.15, -0.1) is 0 Å². The summed E-state index contributed by atoms with van der Waals surface area (Å²) >= 11 is 1.72. The molecule has 178 valence electrons. The number of rotatable bonds is 11. The van der Waals surface area contributed by atoms with Crippen LogP contribution in [0.5, 0.6) is 5.75 Å². The molecule has 0 aliphatic carbocycles. The lowest BCUT2D eigenvalue weighted by molar-refractivity contribution is 0.0742. The van der Waals surface area contributed by atoms with Gasteiger partial charge in [-0.05, 0) is 90.2 Å². The van der Waals surface area contributed by atoms with Gasteiger partial charge in [-0.25, -0.2) is 0 Å². The summed E-state index contributed by atoms with van der Waals surface area (Å²) in [6.07, 6.45) is 5.15. The minimum absolute atomic E-state index is 0.418. The minimum atomic E-state index is -0.418. The zero-order valence-corrected chi connectivity index (χ0v) is 21.5. The first-order chi connectivity index (χ1) is 16.5. The topological polar surface area (TPSA) is 21.7 Å². The molecule has 0 saturated heterocycles. The first-order valence-electron chi connectivity index (χ1n) is 11.8. The van der Waals surface area contributed by atoms with E-state index in [0.717, 1.165) is 31.8 Å². The van der Waals surface area contributed by atoms with Gasteiger partial charge in [-0.2, -0.15) is 11.3 Å². The second-order valence-corrected chi connectivity index (χ2v) is 9.55. The number of benzene rings is 2. The third-order valence-corrected chi connectivity index (χ3v) is 6.16. The summed E-state index contributed by atoms with van der Waals surface area (Å²) in [5.74, 6) is 7.11. The van der Waals surface area contributed by atoms with Gasteiger partial charge >= 0.3 is 0 Å². The first-order valence-corrected chi connectivity index (χ1v) is 12.7. The summed E-state index contributed by atoms with van der Waals surface area (Å²) < 4.78 is 11.5. The van der Waals surface area contributed by atoms with Gasteiger partial charge in [0.05, 0.1) is 0 Å². The van der Waals surface area contributed by atoms with E-state index in [1.165, 1.54) is 22.3 Å². The Balaban J connectivity index is 1.57. The van der Waals surface area contributed by atoms with Crippen LogP contribution in [-0.2, 0) is 17.9 Å². The second kappa shape index (κ2) is 13.2. The molecule has 0 spiro atoms. The molecule has 3 rings (SSSR count). The molecule has 0 fully saturated rings. The maximum absolute atomic E-state index is 6.14. The van der Waals surface area contributed by atoms with Crippen LogP contribution in [0.15, 0.2) is 77.5 Å². The van der Waals surface area contributed by atoms with E-state index in [1.807, 2.05) is 26.0 Å². The molecule has 0 bridgehead atoms. The summed E-state index contributed by atoms with van der Waals surface area (Å²) in [6, 6.07) is 19.1. The SMILES string of the molecule is CCCN(CC=CC#CC(C)(C)OC)Cc1cccc(OCc2cccc(-c3ccsc3)c2)c1. The smallest absolute Gasteiger partial charge is 0.123 e. The molecule has 2 aromatic carbocycles. The van der Waals surface area contributed by atoms with E-state index >= 15 is 0 Å². The molecule has 1 aromatic heterocycles. The van der Waals surface area contributed by atoms with Crippen LogP contribution in [0.4, 0.5) is 0 Å². The van der Waals surface area contributed by atoms with E-state index in [0.29, 0.717) is 6.61 Å². The van der Waals surface area contributed by atoms with Gasteiger partial charge in [0.15, 0.2) is 0 Å². The van der Waals surface area contributed by atoms with Crippen molar-refractivity contribution in [2.45, 2.75) is 45.9 Å². The van der Waals surface area contributed by atoms with Crippen molar-refractivity contribution in [1.29, 1.82) is 0 Å². The molecule has 0 N–H and O–H groups in total. The van der Waals surface area contributed by atoms with Crippen molar-refractivity contribution in [3.63, 3.8) is 0 Å². The number of hydrogen-bond acceptors (Lipinski definition) is 4. The van der Waals surface area contributed by atoms with Gasteiger partial charge in [0.2, 0.25) is 0 Å². The highest BCUT2D eigenvalue weighted by Crippen LogP contribution is 2.24. The molecule has 34 heavy (non-hydrogen) atoms. The monoisotopic (exact) mass is 473 g/mol. The molecular formula is C30H35NO2S. The van der Waals surface area contributed by atoms with Crippen LogP contribution in [-0.4, -0.2) is 30.7 Å². The fraction of sp³-hybridized carbons (Fsp3) is 0.333. The fourth-order valence-corrected chi connectivity index (χ4v) is 4.17. The summed E-state index contributed by atoms with van der Waals surface area (Å²) in [6.45, 7) is 9.46. The number of ether oxygens (including phenoxy) is 2. The molecule has 1 heterocycles. The average Bonchev–Trinajstić information content (AvgIpc) is 3.38. The van der Waals surface area contributed by atoms with Crippen LogP contribution in [0.2, 0.25) is 0 Å². The van der Waals surface area contributed by atoms with Gasteiger partial charge < -0.3 is 9.47 Å². The quantitative estimate of drug-likeness (QED) is 0.275. The Kier molecular flexibility index (Phi) is 9.97. The van der Waals surface area contributed by atoms with E-state index in [2.05, 4.69) is 89.0 Å². The molecule has 0 aliphatic rings. The molecule has 0 unspecified atom stereocenters. The Morgan fingerprint density at radius 3 is 2.62 bits per heavy atom. The highest BCUT2D eigenvalue weighted by Gasteiger charge is 2.10. The number of thiophene rings is 1. The minimum Gasteiger partial charge on any atom is -0.489 e. The third-order valence-electron chi connectivity index (χ3n) is 5.48. The third kappa shape index (κ3) is 8.50. The predicted molar refractivity (Wildman–Crippen MR) is 144 cm³/mol. The zero-order valence-electron chi connectivity index (χ0n) is 20.7. The molecule has 3 nitrogen and oxygen atoms in total. The normalized spacial score (nSPS) is 11.6. The van der Waals surface area contributed by atoms with Gasteiger partial charge in [0.25, 0.3) is 0 Å². The summed E-state index contributed by atoms with van der Waals surface area (Å²) in [7, 11) is 1.68. The van der Waals surface area contributed by atoms with Crippen LogP contribution in [0.3, 0.4) is 0 Å². The van der Waals surface area contributed by atoms with Crippen LogP contribution in [0.1, 0.15) is 38.3 Å². The Morgan fingerprint density at radius 2 is 1.85 bits per heavy atom. The largest absolute Gasteiger partial charge is 0.489 e. The van der Waals surface area contributed by atoms with Gasteiger partial charge in [-0.1, -0.05) is 55.2 Å². The van der Waals surface area contributed by atoms with E-state index in [4.69, 9.17) is 9.47 Å². The maximum atomic E-state index is 6.14. The molecule has 3 aromatic rings. The number of allylic oxidation sites excluding steroid dienone is 1. The van der Waals surface area contributed by atoms with Crippen LogP contribution in [0, 0.1) is 11.8 Å². The Morgan fingerprint density at radius 1 is 1.03 bits per heavy atom. The van der Waals surface area contributed by atoms with Crippen LogP contribution >= 0.6 is 11.3 Å². The highest BCUT2D eigenvalue weighted by molar-refractivity contribution is 7.08. The summed E-state index contributed by atoms with van der Waals surface area (Å²) in [5, 5.41) is 4.28.